The molecule has 9 nitrogen and oxygen atoms in total. The summed E-state index contributed by atoms with van der Waals surface area (Å²) >= 11 is 0. The topological polar surface area (TPSA) is 101 Å². The highest BCUT2D eigenvalue weighted by molar-refractivity contribution is 5.86. The van der Waals surface area contributed by atoms with Gasteiger partial charge in [-0.05, 0) is 12.1 Å². The first-order valence-electron chi connectivity index (χ1n) is 7.75. The van der Waals surface area contributed by atoms with Gasteiger partial charge in [-0.1, -0.05) is 5.21 Å². The van der Waals surface area contributed by atoms with Crippen LogP contribution in [-0.4, -0.2) is 59.5 Å². The molecule has 0 unspecified atom stereocenters. The van der Waals surface area contributed by atoms with Crippen molar-refractivity contribution in [2.24, 2.45) is 0 Å². The molecule has 1 N–H and O–H groups in total. The maximum absolute atomic E-state index is 11.5. The molecule has 4 heterocycles. The average molecular weight is 334 g/mol. The molecule has 128 valence electrons. The van der Waals surface area contributed by atoms with Crippen molar-refractivity contribution in [3.05, 3.63) is 36.0 Å². The maximum Gasteiger partial charge on any atom is 0.360 e. The Bertz CT molecular complexity index is 701. The number of ether oxygens (including phenoxy) is 3. The molecular formula is C15H18N4O5. The van der Waals surface area contributed by atoms with E-state index in [2.05, 4.69) is 20.4 Å². The van der Waals surface area contributed by atoms with Gasteiger partial charge in [0, 0.05) is 0 Å². The van der Waals surface area contributed by atoms with Gasteiger partial charge >= 0.3 is 5.97 Å². The van der Waals surface area contributed by atoms with Crippen molar-refractivity contribution in [1.82, 2.24) is 20.3 Å². The highest BCUT2D eigenvalue weighted by Gasteiger charge is 2.48. The van der Waals surface area contributed by atoms with E-state index in [1.165, 1.54) is 7.11 Å². The molecule has 4 rings (SSSR count). The molecule has 2 aromatic rings. The Morgan fingerprint density at radius 2 is 2.29 bits per heavy atom. The van der Waals surface area contributed by atoms with Gasteiger partial charge in [0.2, 0.25) is 0 Å². The lowest BCUT2D eigenvalue weighted by molar-refractivity contribution is 0.0592. The van der Waals surface area contributed by atoms with Crippen LogP contribution >= 0.6 is 0 Å². The Morgan fingerprint density at radius 3 is 3.08 bits per heavy atom. The third-order valence-corrected chi connectivity index (χ3v) is 4.39. The second-order valence-corrected chi connectivity index (χ2v) is 5.81. The molecule has 0 radical (unpaired) electrons. The summed E-state index contributed by atoms with van der Waals surface area (Å²) in [6.07, 6.45) is 3.01. The highest BCUT2D eigenvalue weighted by atomic mass is 16.6. The average Bonchev–Trinajstić information content (AvgIpc) is 3.35. The van der Waals surface area contributed by atoms with Crippen molar-refractivity contribution < 1.29 is 23.4 Å². The minimum absolute atomic E-state index is 0.0734. The first kappa shape index (κ1) is 15.3. The molecular weight excluding hydrogens is 316 g/mol. The number of methoxy groups -OCH3 is 1. The lowest BCUT2D eigenvalue weighted by Crippen LogP contribution is -2.40. The number of hydrogen-bond acceptors (Lipinski definition) is 8. The van der Waals surface area contributed by atoms with Gasteiger partial charge in [-0.3, -0.25) is 0 Å². The van der Waals surface area contributed by atoms with Gasteiger partial charge < -0.3 is 23.9 Å². The van der Waals surface area contributed by atoms with Crippen LogP contribution in [0, 0.1) is 0 Å². The molecule has 0 aliphatic carbocycles. The summed E-state index contributed by atoms with van der Waals surface area (Å²) in [5.74, 6) is 0.356. The Hall–Kier alpha value is -2.23. The van der Waals surface area contributed by atoms with E-state index in [0.29, 0.717) is 19.8 Å². The van der Waals surface area contributed by atoms with E-state index in [0.717, 1.165) is 5.76 Å². The monoisotopic (exact) mass is 334 g/mol. The molecule has 0 saturated carbocycles. The van der Waals surface area contributed by atoms with Crippen molar-refractivity contribution >= 4 is 5.97 Å². The normalized spacial score (nSPS) is 28.9. The third-order valence-electron chi connectivity index (χ3n) is 4.39. The molecule has 2 aliphatic heterocycles. The smallest absolute Gasteiger partial charge is 0.360 e. The summed E-state index contributed by atoms with van der Waals surface area (Å²) in [4.78, 5) is 11.5. The summed E-state index contributed by atoms with van der Waals surface area (Å²) in [6, 6.07) is 3.74. The van der Waals surface area contributed by atoms with E-state index in [-0.39, 0.29) is 30.0 Å². The van der Waals surface area contributed by atoms with Crippen molar-refractivity contribution in [2.75, 3.05) is 20.3 Å². The molecule has 2 aromatic heterocycles. The zero-order valence-corrected chi connectivity index (χ0v) is 13.1. The molecule has 0 spiro atoms. The van der Waals surface area contributed by atoms with Crippen molar-refractivity contribution in [3.63, 3.8) is 0 Å². The number of nitrogens with one attached hydrogen (secondary N) is 1. The van der Waals surface area contributed by atoms with Crippen LogP contribution in [-0.2, 0) is 20.8 Å². The Balaban J connectivity index is 1.40. The first-order chi connectivity index (χ1) is 11.8. The molecule has 2 fully saturated rings. The summed E-state index contributed by atoms with van der Waals surface area (Å²) in [7, 11) is 1.31. The second kappa shape index (κ2) is 6.34. The molecule has 0 bridgehead atoms. The fourth-order valence-electron chi connectivity index (χ4n) is 3.16. The molecule has 2 saturated heterocycles. The first-order valence-corrected chi connectivity index (χ1v) is 7.75. The number of fused-ring (bicyclic) bond motifs is 1. The van der Waals surface area contributed by atoms with Gasteiger partial charge in [-0.2, -0.15) is 0 Å². The molecule has 4 atom stereocenters. The van der Waals surface area contributed by atoms with Gasteiger partial charge in [-0.15, -0.1) is 5.10 Å². The standard InChI is InChI=1S/C15H18N4O5/c1-21-15(20)10-6-19(18-17-10)12-8-24-13-11(7-23-14(12)13)16-5-9-3-2-4-22-9/h2-4,6,11-14,16H,5,7-8H2,1H3/t11-,12-,13+,14+/m0/s1. The molecule has 0 aromatic carbocycles. The predicted molar refractivity (Wildman–Crippen MR) is 79.2 cm³/mol. The fourth-order valence-corrected chi connectivity index (χ4v) is 3.16. The zero-order valence-electron chi connectivity index (χ0n) is 13.1. The Morgan fingerprint density at radius 1 is 1.42 bits per heavy atom. The summed E-state index contributed by atoms with van der Waals surface area (Å²) in [5, 5.41) is 11.2. The minimum atomic E-state index is -0.512. The number of aromatic nitrogens is 3. The van der Waals surface area contributed by atoms with E-state index in [1.54, 1.807) is 17.1 Å². The number of rotatable bonds is 5. The maximum atomic E-state index is 11.5. The van der Waals surface area contributed by atoms with Gasteiger partial charge in [0.1, 0.15) is 24.0 Å². The van der Waals surface area contributed by atoms with Crippen LogP contribution in [0.3, 0.4) is 0 Å². The van der Waals surface area contributed by atoms with Crippen LogP contribution in [0.15, 0.2) is 29.0 Å². The van der Waals surface area contributed by atoms with Crippen molar-refractivity contribution in [3.8, 4) is 0 Å². The van der Waals surface area contributed by atoms with Gasteiger partial charge in [-0.25, -0.2) is 9.48 Å². The van der Waals surface area contributed by atoms with Crippen LogP contribution < -0.4 is 5.32 Å². The minimum Gasteiger partial charge on any atom is -0.468 e. The molecule has 2 aliphatic rings. The molecule has 24 heavy (non-hydrogen) atoms. The van der Waals surface area contributed by atoms with E-state index >= 15 is 0 Å². The SMILES string of the molecule is COC(=O)c1cn([C@H]2CO[C@H]3[C@@H]2OC[C@@H]3NCc2ccco2)nn1. The van der Waals surface area contributed by atoms with Gasteiger partial charge in [0.25, 0.3) is 0 Å². The van der Waals surface area contributed by atoms with Gasteiger partial charge in [0.15, 0.2) is 5.69 Å². The number of esters is 1. The summed E-state index contributed by atoms with van der Waals surface area (Å²) in [5.41, 5.74) is 0.173. The second-order valence-electron chi connectivity index (χ2n) is 5.81. The van der Waals surface area contributed by atoms with Crippen LogP contribution in [0.25, 0.3) is 0 Å². The van der Waals surface area contributed by atoms with Crippen molar-refractivity contribution in [2.45, 2.75) is 30.8 Å². The lowest BCUT2D eigenvalue weighted by Gasteiger charge is -2.17. The highest BCUT2D eigenvalue weighted by Crippen LogP contribution is 2.34. The number of nitrogens with zero attached hydrogens (tertiary/aromatic N) is 3. The molecule has 9 heteroatoms. The third kappa shape index (κ3) is 2.70. The number of hydrogen-bond donors (Lipinski definition) is 1. The predicted octanol–water partition coefficient (Wildman–Crippen LogP) is 0.155. The number of furan rings is 1. The number of carbonyl (C=O) groups excluding carboxylic acids is 1. The van der Waals surface area contributed by atoms with Crippen LogP contribution in [0.1, 0.15) is 22.3 Å². The van der Waals surface area contributed by atoms with E-state index < -0.39 is 5.97 Å². The van der Waals surface area contributed by atoms with E-state index in [1.807, 2.05) is 12.1 Å². The largest absolute Gasteiger partial charge is 0.468 e. The summed E-state index contributed by atoms with van der Waals surface area (Å²) < 4.78 is 23.4. The molecule has 0 amide bonds. The Kier molecular flexibility index (Phi) is 4.05. The fraction of sp³-hybridized carbons (Fsp3) is 0.533. The summed E-state index contributed by atoms with van der Waals surface area (Å²) in [6.45, 7) is 1.62. The van der Waals surface area contributed by atoms with Crippen LogP contribution in [0.4, 0.5) is 0 Å². The lowest BCUT2D eigenvalue weighted by atomic mass is 10.1. The Labute approximate surface area is 137 Å². The quantitative estimate of drug-likeness (QED) is 0.772. The van der Waals surface area contributed by atoms with Crippen LogP contribution in [0.5, 0.6) is 0 Å². The van der Waals surface area contributed by atoms with E-state index in [9.17, 15) is 4.79 Å². The van der Waals surface area contributed by atoms with Gasteiger partial charge in [0.05, 0.1) is 45.4 Å². The zero-order chi connectivity index (χ0) is 16.5. The van der Waals surface area contributed by atoms with E-state index in [4.69, 9.17) is 13.9 Å². The van der Waals surface area contributed by atoms with Crippen LogP contribution in [0.2, 0.25) is 0 Å². The van der Waals surface area contributed by atoms with Crippen molar-refractivity contribution in [1.29, 1.82) is 0 Å². The number of carbonyl (C=O) groups is 1.